The van der Waals surface area contributed by atoms with Crippen molar-refractivity contribution >= 4 is 69.1 Å². The Morgan fingerprint density at radius 2 is 1.69 bits per heavy atom. The first-order valence-electron chi connectivity index (χ1n) is 18.1. The van der Waals surface area contributed by atoms with Gasteiger partial charge in [-0.05, 0) is 93.3 Å². The number of H-pyrrole nitrogens is 2. The highest BCUT2D eigenvalue weighted by Crippen LogP contribution is 2.43. The van der Waals surface area contributed by atoms with Gasteiger partial charge in [0.15, 0.2) is 5.96 Å². The van der Waals surface area contributed by atoms with Crippen molar-refractivity contribution in [2.24, 2.45) is 16.5 Å². The van der Waals surface area contributed by atoms with Crippen LogP contribution in [-0.2, 0) is 32.0 Å². The zero-order chi connectivity index (χ0) is 40.3. The van der Waals surface area contributed by atoms with E-state index in [2.05, 4.69) is 26.9 Å². The molecule has 1 unspecified atom stereocenters. The zero-order valence-corrected chi connectivity index (χ0v) is 31.6. The number of carbonyl (C=O) groups excluding carboxylic acids is 4. The SMILES string of the molecule is C=Cc1c(C)c2cc3nc(c(CC(=O)NC(N)=NCCCC(N)C(=O)[O-])c4nc(cc5[nH]c(cc1[nH]2)c(C)c5CC)C(C)=C4C(=O)[O-])[C@@H](CCC(=O)[O-])[C@@H]3C. The third-order valence-electron chi connectivity index (χ3n) is 10.5. The van der Waals surface area contributed by atoms with Crippen LogP contribution in [0.3, 0.4) is 0 Å². The van der Waals surface area contributed by atoms with E-state index in [1.807, 2.05) is 39.8 Å². The molecule has 0 radical (unpaired) electrons. The number of hydrogen-bond acceptors (Lipinski definition) is 11. The number of fused-ring (bicyclic) bond motifs is 8. The maximum atomic E-state index is 13.7. The summed E-state index contributed by atoms with van der Waals surface area (Å²) in [5, 5.41) is 38.1. The van der Waals surface area contributed by atoms with Gasteiger partial charge in [-0.25, -0.2) is 4.98 Å². The van der Waals surface area contributed by atoms with Gasteiger partial charge in [-0.15, -0.1) is 0 Å². The number of aryl methyl sites for hydroxylation is 3. The first-order valence-corrected chi connectivity index (χ1v) is 18.1. The summed E-state index contributed by atoms with van der Waals surface area (Å²) in [4.78, 5) is 70.3. The first kappa shape index (κ1) is 40.1. The molecule has 3 atom stereocenters. The second-order valence-corrected chi connectivity index (χ2v) is 13.9. The monoisotopic (exact) mass is 749 g/mol. The number of allylic oxidation sites excluding steroid dienone is 1. The minimum absolute atomic E-state index is 0.0381. The van der Waals surface area contributed by atoms with Crippen LogP contribution in [-0.4, -0.2) is 62.3 Å². The third kappa shape index (κ3) is 8.36. The van der Waals surface area contributed by atoms with Crippen molar-refractivity contribution in [3.63, 3.8) is 0 Å². The topological polar surface area (TPSA) is 271 Å². The average Bonchev–Trinajstić information content (AvgIpc) is 3.80. The van der Waals surface area contributed by atoms with Crippen LogP contribution in [0.4, 0.5) is 0 Å². The standard InChI is InChI=1S/C40H48N8O7/c1-7-22-18(3)27-15-29-20(5)24(11-12-34(50)51)36(46-29)25(14-33(49)48-40(42)43-13-9-10-26(41)38(52)53)37-35(39(54)55)21(6)30(47-37)17-32-23(8-2)19(4)28(45-32)16-31(22)44-27/h7,15-17,20,24,26,44-45H,1,8-14,41H2,2-6H3,(H,50,51)(H,52,53)(H,54,55)(H3,42,43,48,49)/p-3/t20-,24-,26?/m0/s1. The van der Waals surface area contributed by atoms with E-state index in [-0.39, 0.29) is 60.9 Å². The number of nitrogens with zero attached hydrogens (tertiary/aromatic N) is 3. The number of aliphatic carboxylic acids is 3. The molecule has 15 heteroatoms. The van der Waals surface area contributed by atoms with Gasteiger partial charge in [-0.3, -0.25) is 20.1 Å². The van der Waals surface area contributed by atoms with E-state index in [0.717, 1.165) is 44.3 Å². The number of nitrogens with one attached hydrogen (secondary N) is 3. The molecule has 55 heavy (non-hydrogen) atoms. The number of carbonyl (C=O) groups is 4. The van der Waals surface area contributed by atoms with Crippen molar-refractivity contribution in [3.8, 4) is 0 Å². The predicted molar refractivity (Wildman–Crippen MR) is 203 cm³/mol. The van der Waals surface area contributed by atoms with Crippen LogP contribution in [0.1, 0.15) is 109 Å². The number of amides is 1. The van der Waals surface area contributed by atoms with Gasteiger partial charge in [0.1, 0.15) is 0 Å². The minimum atomic E-state index is -1.52. The Kier molecular flexibility index (Phi) is 12.0. The maximum Gasteiger partial charge on any atom is 0.231 e. The summed E-state index contributed by atoms with van der Waals surface area (Å²) in [6.07, 6.45) is 2.07. The second-order valence-electron chi connectivity index (χ2n) is 13.9. The van der Waals surface area contributed by atoms with E-state index in [1.54, 1.807) is 19.1 Å². The maximum absolute atomic E-state index is 13.7. The number of hydrogen-bond donors (Lipinski definition) is 5. The molecule has 290 valence electrons. The lowest BCUT2D eigenvalue weighted by Gasteiger charge is -2.19. The van der Waals surface area contributed by atoms with Crippen LogP contribution in [0.15, 0.2) is 29.8 Å². The number of aliphatic imine (C=N–C) groups is 1. The molecule has 2 aliphatic rings. The number of carboxylic acid groups (broad SMARTS) is 3. The molecule has 0 spiro atoms. The average molecular weight is 750 g/mol. The van der Waals surface area contributed by atoms with Crippen molar-refractivity contribution in [1.29, 1.82) is 0 Å². The smallest absolute Gasteiger partial charge is 0.231 e. The number of aromatic amines is 2. The van der Waals surface area contributed by atoms with Crippen LogP contribution >= 0.6 is 0 Å². The van der Waals surface area contributed by atoms with Crippen LogP contribution in [0.25, 0.3) is 39.3 Å². The molecule has 0 fully saturated rings. The third-order valence-corrected chi connectivity index (χ3v) is 10.5. The summed E-state index contributed by atoms with van der Waals surface area (Å²) >= 11 is 0. The van der Waals surface area contributed by atoms with Gasteiger partial charge in [0.05, 0.1) is 35.4 Å². The minimum Gasteiger partial charge on any atom is -0.550 e. The molecule has 0 aliphatic carbocycles. The van der Waals surface area contributed by atoms with E-state index in [9.17, 15) is 34.5 Å². The lowest BCUT2D eigenvalue weighted by Crippen LogP contribution is -2.41. The van der Waals surface area contributed by atoms with Crippen molar-refractivity contribution in [1.82, 2.24) is 25.3 Å². The quantitative estimate of drug-likeness (QED) is 0.0937. The molecule has 0 aromatic carbocycles. The summed E-state index contributed by atoms with van der Waals surface area (Å²) in [5.74, 6) is -6.07. The summed E-state index contributed by atoms with van der Waals surface area (Å²) in [5.41, 5.74) is 19.8. The first-order chi connectivity index (χ1) is 26.1. The van der Waals surface area contributed by atoms with Gasteiger partial charge < -0.3 is 51.1 Å². The molecule has 15 nitrogen and oxygen atoms in total. The number of nitrogens with two attached hydrogens (primary N) is 2. The molecular weight excluding hydrogens is 704 g/mol. The number of rotatable bonds is 13. The Balaban J connectivity index is 1.82. The van der Waals surface area contributed by atoms with Crippen molar-refractivity contribution in [3.05, 3.63) is 75.4 Å². The number of guanidine groups is 1. The van der Waals surface area contributed by atoms with E-state index in [0.29, 0.717) is 29.1 Å². The fourth-order valence-corrected chi connectivity index (χ4v) is 7.37. The highest BCUT2D eigenvalue weighted by atomic mass is 16.4. The van der Waals surface area contributed by atoms with Crippen LogP contribution in [0.5, 0.6) is 0 Å². The molecule has 2 aliphatic heterocycles. The summed E-state index contributed by atoms with van der Waals surface area (Å²) in [7, 11) is 0. The van der Waals surface area contributed by atoms with Crippen molar-refractivity contribution < 1.29 is 34.5 Å². The zero-order valence-electron chi connectivity index (χ0n) is 31.6. The Labute approximate surface area is 317 Å². The molecule has 3 aromatic rings. The molecular formula is C40H45N8O7-3. The van der Waals surface area contributed by atoms with Gasteiger partial charge in [-0.2, -0.15) is 0 Å². The molecule has 8 bridgehead atoms. The normalized spacial score (nSPS) is 16.2. The summed E-state index contributed by atoms with van der Waals surface area (Å²) in [6.45, 7) is 13.6. The van der Waals surface area contributed by atoms with Gasteiger partial charge in [0, 0.05) is 74.9 Å². The Morgan fingerprint density at radius 3 is 2.33 bits per heavy atom. The van der Waals surface area contributed by atoms with Gasteiger partial charge >= 0.3 is 0 Å². The number of aromatic nitrogens is 4. The van der Waals surface area contributed by atoms with Crippen molar-refractivity contribution in [2.75, 3.05) is 6.54 Å². The second kappa shape index (κ2) is 16.5. The lowest BCUT2D eigenvalue weighted by molar-refractivity contribution is -0.308. The molecule has 0 saturated heterocycles. The molecule has 3 aromatic heterocycles. The van der Waals surface area contributed by atoms with Gasteiger partial charge in [0.2, 0.25) is 5.91 Å². The largest absolute Gasteiger partial charge is 0.550 e. The molecule has 7 N–H and O–H groups in total. The molecule has 5 rings (SSSR count). The predicted octanol–water partition coefficient (Wildman–Crippen LogP) is 1.07. The molecule has 5 heterocycles. The lowest BCUT2D eigenvalue weighted by atomic mass is 9.84. The fraction of sp³-hybridized carbons (Fsp3) is 0.375. The fourth-order valence-electron chi connectivity index (χ4n) is 7.37. The van der Waals surface area contributed by atoms with Gasteiger partial charge in [-0.1, -0.05) is 26.5 Å². The van der Waals surface area contributed by atoms with Crippen LogP contribution in [0, 0.1) is 13.8 Å². The van der Waals surface area contributed by atoms with Crippen LogP contribution in [0.2, 0.25) is 0 Å². The molecule has 1 amide bonds. The Bertz CT molecular complexity index is 2320. The van der Waals surface area contributed by atoms with E-state index < -0.39 is 42.2 Å². The van der Waals surface area contributed by atoms with Crippen molar-refractivity contribution in [2.45, 2.75) is 91.0 Å². The number of carboxylic acids is 3. The van der Waals surface area contributed by atoms with E-state index >= 15 is 0 Å². The molecule has 0 saturated carbocycles. The summed E-state index contributed by atoms with van der Waals surface area (Å²) in [6, 6.07) is 4.47. The Hall–Kier alpha value is -6.09. The Morgan fingerprint density at radius 1 is 1.00 bits per heavy atom. The van der Waals surface area contributed by atoms with E-state index in [4.69, 9.17) is 21.4 Å². The highest BCUT2D eigenvalue weighted by molar-refractivity contribution is 6.23. The van der Waals surface area contributed by atoms with E-state index in [1.165, 1.54) is 0 Å². The van der Waals surface area contributed by atoms with Crippen LogP contribution < -0.4 is 32.1 Å². The summed E-state index contributed by atoms with van der Waals surface area (Å²) < 4.78 is 0. The van der Waals surface area contributed by atoms with Gasteiger partial charge in [0.25, 0.3) is 0 Å². The highest BCUT2D eigenvalue weighted by Gasteiger charge is 2.34.